The Morgan fingerprint density at radius 1 is 1.09 bits per heavy atom. The van der Waals surface area contributed by atoms with E-state index >= 15 is 0 Å². The van der Waals surface area contributed by atoms with Gasteiger partial charge in [-0.25, -0.2) is 0 Å². The van der Waals surface area contributed by atoms with Crippen LogP contribution >= 0.6 is 0 Å². The van der Waals surface area contributed by atoms with Gasteiger partial charge in [-0.3, -0.25) is 14.9 Å². The Kier molecular flexibility index (Phi) is 7.42. The Hall–Kier alpha value is -3.75. The molecular weight excluding hydrogens is 426 g/mol. The number of rotatable bonds is 8. The van der Waals surface area contributed by atoms with Gasteiger partial charge in [-0.1, -0.05) is 6.08 Å². The smallest absolute Gasteiger partial charge is 0.293 e. The van der Waals surface area contributed by atoms with Crippen molar-refractivity contribution in [3.63, 3.8) is 0 Å². The first-order valence-corrected chi connectivity index (χ1v) is 10.6. The summed E-state index contributed by atoms with van der Waals surface area (Å²) in [5.74, 6) is 1.57. The second-order valence-electron chi connectivity index (χ2n) is 7.92. The average Bonchev–Trinajstić information content (AvgIpc) is 2.82. The van der Waals surface area contributed by atoms with Gasteiger partial charge in [0.2, 0.25) is 0 Å². The van der Waals surface area contributed by atoms with Crippen LogP contribution in [0.3, 0.4) is 0 Å². The molecule has 0 spiro atoms. The first kappa shape index (κ1) is 23.9. The number of hydrogen-bond donors (Lipinski definition) is 1. The lowest BCUT2D eigenvalue weighted by Crippen LogP contribution is -2.31. The Balaban J connectivity index is 1.91. The van der Waals surface area contributed by atoms with Crippen LogP contribution in [0.1, 0.15) is 36.2 Å². The van der Waals surface area contributed by atoms with Gasteiger partial charge in [-0.05, 0) is 38.0 Å². The summed E-state index contributed by atoms with van der Waals surface area (Å²) in [4.78, 5) is 25.5. The highest BCUT2D eigenvalue weighted by molar-refractivity contribution is 5.96. The maximum atomic E-state index is 12.3. The van der Waals surface area contributed by atoms with Gasteiger partial charge in [0.15, 0.2) is 0 Å². The Bertz CT molecular complexity index is 1050. The van der Waals surface area contributed by atoms with Crippen LogP contribution in [0.15, 0.2) is 36.4 Å². The number of hydrogen-bond acceptors (Lipinski definition) is 7. The van der Waals surface area contributed by atoms with E-state index in [0.717, 1.165) is 11.1 Å². The summed E-state index contributed by atoms with van der Waals surface area (Å²) in [6, 6.07) is 8.14. The number of amides is 1. The molecule has 1 aliphatic rings. The third kappa shape index (κ3) is 5.19. The normalized spacial score (nSPS) is 13.4. The first-order valence-electron chi connectivity index (χ1n) is 10.6. The first-order chi connectivity index (χ1) is 15.8. The molecule has 0 unspecified atom stereocenters. The molecule has 33 heavy (non-hydrogen) atoms. The monoisotopic (exact) mass is 455 g/mol. The van der Waals surface area contributed by atoms with E-state index in [0.29, 0.717) is 42.4 Å². The largest absolute Gasteiger partial charge is 0.496 e. The van der Waals surface area contributed by atoms with Crippen molar-refractivity contribution in [1.82, 2.24) is 5.32 Å². The molecule has 0 radical (unpaired) electrons. The fourth-order valence-corrected chi connectivity index (χ4v) is 3.86. The third-order valence-electron chi connectivity index (χ3n) is 5.44. The molecular formula is C24H29N3O6. The molecule has 1 amide bonds. The van der Waals surface area contributed by atoms with Crippen molar-refractivity contribution < 1.29 is 23.9 Å². The predicted molar refractivity (Wildman–Crippen MR) is 127 cm³/mol. The van der Waals surface area contributed by atoms with Gasteiger partial charge in [0, 0.05) is 42.9 Å². The van der Waals surface area contributed by atoms with Crippen molar-refractivity contribution in [2.75, 3.05) is 39.3 Å². The number of nitrogens with one attached hydrogen (secondary N) is 1. The molecule has 1 heterocycles. The average molecular weight is 456 g/mol. The van der Waals surface area contributed by atoms with E-state index in [1.807, 2.05) is 24.8 Å². The van der Waals surface area contributed by atoms with E-state index in [1.165, 1.54) is 6.07 Å². The minimum Gasteiger partial charge on any atom is -0.496 e. The van der Waals surface area contributed by atoms with Gasteiger partial charge < -0.3 is 24.4 Å². The summed E-state index contributed by atoms with van der Waals surface area (Å²) in [6.07, 6.45) is 2.64. The van der Waals surface area contributed by atoms with Crippen molar-refractivity contribution in [1.29, 1.82) is 0 Å². The quantitative estimate of drug-likeness (QED) is 0.473. The summed E-state index contributed by atoms with van der Waals surface area (Å²) in [5.41, 5.74) is 2.52. The maximum Gasteiger partial charge on any atom is 0.293 e. The zero-order chi connectivity index (χ0) is 24.1. The lowest BCUT2D eigenvalue weighted by molar-refractivity contribution is -0.384. The van der Waals surface area contributed by atoms with Gasteiger partial charge in [-0.2, -0.15) is 0 Å². The fraction of sp³-hybridized carbons (Fsp3) is 0.375. The zero-order valence-corrected chi connectivity index (χ0v) is 19.5. The molecule has 0 aliphatic carbocycles. The highest BCUT2D eigenvalue weighted by atomic mass is 16.6. The van der Waals surface area contributed by atoms with Crippen molar-refractivity contribution in [2.45, 2.75) is 26.3 Å². The lowest BCUT2D eigenvalue weighted by atomic mass is 9.96. The number of nitrogens with zero attached hydrogens (tertiary/aromatic N) is 2. The van der Waals surface area contributed by atoms with Crippen LogP contribution in [-0.4, -0.2) is 51.3 Å². The molecule has 9 heteroatoms. The molecule has 0 saturated heterocycles. The minimum absolute atomic E-state index is 0.0613. The summed E-state index contributed by atoms with van der Waals surface area (Å²) in [5, 5.41) is 14.5. The molecule has 3 rings (SSSR count). The van der Waals surface area contributed by atoms with Crippen molar-refractivity contribution in [2.24, 2.45) is 0 Å². The number of methoxy groups -OCH3 is 3. The molecule has 0 atom stereocenters. The highest BCUT2D eigenvalue weighted by Crippen LogP contribution is 2.42. The second kappa shape index (κ2) is 10.2. The second-order valence-corrected chi connectivity index (χ2v) is 7.92. The molecule has 176 valence electrons. The van der Waals surface area contributed by atoms with Gasteiger partial charge in [0.1, 0.15) is 22.9 Å². The maximum absolute atomic E-state index is 12.3. The molecule has 1 aliphatic heterocycles. The van der Waals surface area contributed by atoms with Gasteiger partial charge in [0.25, 0.3) is 11.6 Å². The Morgan fingerprint density at radius 2 is 1.76 bits per heavy atom. The highest BCUT2D eigenvalue weighted by Gasteiger charge is 2.26. The number of anilines is 1. The number of carbonyl (C=O) groups is 1. The zero-order valence-electron chi connectivity index (χ0n) is 19.5. The van der Waals surface area contributed by atoms with Crippen LogP contribution in [0.5, 0.6) is 17.2 Å². The molecule has 0 fully saturated rings. The third-order valence-corrected chi connectivity index (χ3v) is 5.44. The molecule has 2 aromatic carbocycles. The minimum atomic E-state index is -0.448. The van der Waals surface area contributed by atoms with E-state index in [-0.39, 0.29) is 23.2 Å². The van der Waals surface area contributed by atoms with Crippen LogP contribution in [0.4, 0.5) is 11.4 Å². The van der Waals surface area contributed by atoms with Crippen molar-refractivity contribution in [3.8, 4) is 17.2 Å². The molecule has 0 aromatic heterocycles. The number of ether oxygens (including phenoxy) is 3. The van der Waals surface area contributed by atoms with Crippen LogP contribution in [0.2, 0.25) is 0 Å². The van der Waals surface area contributed by atoms with Crippen LogP contribution in [0.25, 0.3) is 5.57 Å². The summed E-state index contributed by atoms with van der Waals surface area (Å²) in [7, 11) is 4.76. The summed E-state index contributed by atoms with van der Waals surface area (Å²) in [6.45, 7) is 4.70. The van der Waals surface area contributed by atoms with Crippen molar-refractivity contribution >= 4 is 22.9 Å². The van der Waals surface area contributed by atoms with Gasteiger partial charge >= 0.3 is 0 Å². The molecule has 0 bridgehead atoms. The number of nitro benzene ring substituents is 1. The van der Waals surface area contributed by atoms with E-state index in [1.54, 1.807) is 45.6 Å². The van der Waals surface area contributed by atoms with Gasteiger partial charge in [-0.15, -0.1) is 0 Å². The number of carbonyl (C=O) groups excluding carboxylic acids is 1. The summed E-state index contributed by atoms with van der Waals surface area (Å²) >= 11 is 0. The Labute approximate surface area is 193 Å². The summed E-state index contributed by atoms with van der Waals surface area (Å²) < 4.78 is 16.5. The standard InChI is InChI=1S/C24H29N3O6/c1-15(2)25-24(28)17-6-7-19(20(12-17)27(29)30)26-10-8-16(9-11-26)23-21(32-4)13-18(31-3)14-22(23)33-5/h6-8,12-15H,9-11H2,1-5H3,(H,25,28). The number of benzene rings is 2. The van der Waals surface area contributed by atoms with E-state index < -0.39 is 4.92 Å². The predicted octanol–water partition coefficient (Wildman–Crippen LogP) is 4.05. The van der Waals surface area contributed by atoms with Crippen LogP contribution in [0, 0.1) is 10.1 Å². The van der Waals surface area contributed by atoms with E-state index in [4.69, 9.17) is 14.2 Å². The van der Waals surface area contributed by atoms with E-state index in [2.05, 4.69) is 5.32 Å². The number of nitro groups is 1. The SMILES string of the molecule is COc1cc(OC)c(C2=CCN(c3ccc(C(=O)NC(C)C)cc3[N+](=O)[O-])CC2)c(OC)c1. The molecule has 0 saturated carbocycles. The van der Waals surface area contributed by atoms with Crippen LogP contribution < -0.4 is 24.4 Å². The van der Waals surface area contributed by atoms with E-state index in [9.17, 15) is 14.9 Å². The Morgan fingerprint density at radius 3 is 2.24 bits per heavy atom. The topological polar surface area (TPSA) is 103 Å². The van der Waals surface area contributed by atoms with Gasteiger partial charge in [0.05, 0.1) is 31.8 Å². The van der Waals surface area contributed by atoms with Crippen LogP contribution in [-0.2, 0) is 0 Å². The molecule has 9 nitrogen and oxygen atoms in total. The molecule has 1 N–H and O–H groups in total. The fourth-order valence-electron chi connectivity index (χ4n) is 3.86. The lowest BCUT2D eigenvalue weighted by Gasteiger charge is -2.29. The van der Waals surface area contributed by atoms with Crippen molar-refractivity contribution in [3.05, 3.63) is 57.6 Å². The molecule has 2 aromatic rings.